The fourth-order valence-electron chi connectivity index (χ4n) is 1.08. The number of rotatable bonds is 5. The summed E-state index contributed by atoms with van der Waals surface area (Å²) in [5, 5.41) is 10.5. The number of aromatic nitrogens is 2. The van der Waals surface area contributed by atoms with Crippen LogP contribution in [-0.2, 0) is 6.54 Å². The zero-order chi connectivity index (χ0) is 10.4. The van der Waals surface area contributed by atoms with Gasteiger partial charge >= 0.3 is 5.69 Å². The molecule has 1 heterocycles. The first-order chi connectivity index (χ1) is 6.74. The highest BCUT2D eigenvalue weighted by Gasteiger charge is 1.97. The number of halogens is 1. The Morgan fingerprint density at radius 3 is 2.87 bits per heavy atom. The van der Waals surface area contributed by atoms with Crippen LogP contribution in [0.15, 0.2) is 17.1 Å². The summed E-state index contributed by atoms with van der Waals surface area (Å²) in [4.78, 5) is 14.8. The Kier molecular flexibility index (Phi) is 6.68. The Hall–Kier alpha value is -1.11. The van der Waals surface area contributed by atoms with Crippen molar-refractivity contribution >= 4 is 5.82 Å². The molecule has 86 valence electrons. The number of anilines is 1. The Morgan fingerprint density at radius 1 is 1.53 bits per heavy atom. The van der Waals surface area contributed by atoms with E-state index in [1.54, 1.807) is 12.3 Å². The van der Waals surface area contributed by atoms with Crippen LogP contribution in [0.4, 0.5) is 5.82 Å². The molecule has 15 heavy (non-hydrogen) atoms. The molecule has 1 aromatic rings. The predicted octanol–water partition coefficient (Wildman–Crippen LogP) is -5.61. The molecule has 5 N–H and O–H groups in total. The number of hydrogen-bond donors (Lipinski definition) is 3. The average Bonchev–Trinajstić information content (AvgIpc) is 2.15. The lowest BCUT2D eigenvalue weighted by atomic mass is 10.5. The minimum absolute atomic E-state index is 0. The van der Waals surface area contributed by atoms with Crippen LogP contribution in [0.25, 0.3) is 0 Å². The number of quaternary nitrogens is 1. The number of hydrogen-bond acceptors (Lipinski definition) is 4. The molecule has 1 aromatic heterocycles. The minimum atomic E-state index is -0.331. The van der Waals surface area contributed by atoms with Crippen LogP contribution in [-0.4, -0.2) is 34.4 Å². The maximum absolute atomic E-state index is 11.2. The van der Waals surface area contributed by atoms with Gasteiger partial charge in [0.05, 0.1) is 26.2 Å². The summed E-state index contributed by atoms with van der Waals surface area (Å²) in [5.41, 5.74) is 5.01. The van der Waals surface area contributed by atoms with Gasteiger partial charge in [-0.05, 0) is 6.07 Å². The van der Waals surface area contributed by atoms with Crippen molar-refractivity contribution in [3.63, 3.8) is 0 Å². The van der Waals surface area contributed by atoms with Gasteiger partial charge in [-0.1, -0.05) is 0 Å². The van der Waals surface area contributed by atoms with Crippen LogP contribution in [0.1, 0.15) is 0 Å². The highest BCUT2D eigenvalue weighted by molar-refractivity contribution is 5.23. The van der Waals surface area contributed by atoms with Gasteiger partial charge in [-0.2, -0.15) is 4.98 Å². The Balaban J connectivity index is 0.00000196. The molecule has 0 saturated carbocycles. The van der Waals surface area contributed by atoms with E-state index in [1.807, 2.05) is 5.32 Å². The van der Waals surface area contributed by atoms with Crippen molar-refractivity contribution in [1.29, 1.82) is 0 Å². The van der Waals surface area contributed by atoms with Crippen molar-refractivity contribution in [2.75, 3.05) is 25.4 Å². The van der Waals surface area contributed by atoms with Gasteiger partial charge in [0, 0.05) is 6.20 Å². The van der Waals surface area contributed by atoms with Gasteiger partial charge in [0.2, 0.25) is 0 Å². The van der Waals surface area contributed by atoms with Gasteiger partial charge in [-0.3, -0.25) is 4.57 Å². The number of aliphatic hydroxyl groups excluding tert-OH is 1. The molecule has 0 aliphatic heterocycles. The van der Waals surface area contributed by atoms with E-state index in [-0.39, 0.29) is 30.5 Å². The molecule has 0 saturated heterocycles. The van der Waals surface area contributed by atoms with E-state index in [0.29, 0.717) is 13.1 Å². The first kappa shape index (κ1) is 13.9. The molecular formula is C8H15ClN4O2. The molecule has 0 fully saturated rings. The zero-order valence-corrected chi connectivity index (χ0v) is 9.02. The lowest BCUT2D eigenvalue weighted by Gasteiger charge is -2.03. The fourth-order valence-corrected chi connectivity index (χ4v) is 1.08. The standard InChI is InChI=1S/C8H14N4O2.ClH/c9-7-1-4-12(8(14)11-7)5-2-10-3-6-13;/h1,4,10,13H,2-3,5-6H2,(H2,9,11,14);1H. The number of nitrogen functional groups attached to an aromatic ring is 1. The highest BCUT2D eigenvalue weighted by Crippen LogP contribution is 1.87. The third-order valence-electron chi connectivity index (χ3n) is 1.80. The number of aliphatic hydroxyl groups is 1. The molecule has 0 aromatic carbocycles. The fraction of sp³-hybridized carbons (Fsp3) is 0.500. The summed E-state index contributed by atoms with van der Waals surface area (Å²) in [7, 11) is 0. The van der Waals surface area contributed by atoms with E-state index >= 15 is 0 Å². The Bertz CT molecular complexity index is 342. The van der Waals surface area contributed by atoms with Gasteiger partial charge in [0.15, 0.2) is 0 Å². The molecular weight excluding hydrogens is 220 g/mol. The molecule has 6 nitrogen and oxygen atoms in total. The molecule has 7 heteroatoms. The van der Waals surface area contributed by atoms with Gasteiger partial charge in [0.25, 0.3) is 0 Å². The Labute approximate surface area is 93.5 Å². The second-order valence-corrected chi connectivity index (χ2v) is 2.92. The topological polar surface area (TPSA) is 97.8 Å². The largest absolute Gasteiger partial charge is 1.00 e. The third kappa shape index (κ3) is 4.78. The number of nitrogens with two attached hydrogens (primary N) is 2. The summed E-state index contributed by atoms with van der Waals surface area (Å²) in [6.45, 7) is 2.12. The second kappa shape index (κ2) is 7.22. The molecule has 1 rings (SSSR count). The maximum Gasteiger partial charge on any atom is 0.349 e. The van der Waals surface area contributed by atoms with Crippen LogP contribution in [0.5, 0.6) is 0 Å². The van der Waals surface area contributed by atoms with Crippen molar-refractivity contribution in [3.8, 4) is 0 Å². The molecule has 0 radical (unpaired) electrons. The van der Waals surface area contributed by atoms with Crippen molar-refractivity contribution in [2.24, 2.45) is 0 Å². The monoisotopic (exact) mass is 234 g/mol. The zero-order valence-electron chi connectivity index (χ0n) is 8.27. The van der Waals surface area contributed by atoms with Crippen LogP contribution >= 0.6 is 0 Å². The SMILES string of the molecule is Nc1ccn(CC[NH2+]CCO)c(=O)n1.[Cl-]. The summed E-state index contributed by atoms with van der Waals surface area (Å²) in [5.74, 6) is 0.241. The molecule has 0 spiro atoms. The number of nitrogens with zero attached hydrogens (tertiary/aromatic N) is 2. The van der Waals surface area contributed by atoms with Crippen LogP contribution in [0.3, 0.4) is 0 Å². The van der Waals surface area contributed by atoms with Crippen LogP contribution < -0.4 is 29.1 Å². The first-order valence-electron chi connectivity index (χ1n) is 4.49. The molecule has 0 aliphatic carbocycles. The van der Waals surface area contributed by atoms with Crippen LogP contribution in [0.2, 0.25) is 0 Å². The molecule has 0 unspecified atom stereocenters. The molecule has 0 aliphatic rings. The normalized spacial score (nSPS) is 9.67. The maximum atomic E-state index is 11.2. The molecule has 0 amide bonds. The summed E-state index contributed by atoms with van der Waals surface area (Å²) >= 11 is 0. The quantitative estimate of drug-likeness (QED) is 0.443. The van der Waals surface area contributed by atoms with E-state index < -0.39 is 0 Å². The lowest BCUT2D eigenvalue weighted by Crippen LogP contribution is -3.00. The van der Waals surface area contributed by atoms with Gasteiger partial charge in [-0.25, -0.2) is 4.79 Å². The van der Waals surface area contributed by atoms with E-state index in [0.717, 1.165) is 6.54 Å². The van der Waals surface area contributed by atoms with Crippen molar-refractivity contribution < 1.29 is 22.8 Å². The first-order valence-corrected chi connectivity index (χ1v) is 4.49. The predicted molar refractivity (Wildman–Crippen MR) is 51.7 cm³/mol. The summed E-state index contributed by atoms with van der Waals surface area (Å²) < 4.78 is 1.49. The minimum Gasteiger partial charge on any atom is -1.00 e. The summed E-state index contributed by atoms with van der Waals surface area (Å²) in [6.07, 6.45) is 1.62. The average molecular weight is 235 g/mol. The van der Waals surface area contributed by atoms with Crippen molar-refractivity contribution in [1.82, 2.24) is 9.55 Å². The summed E-state index contributed by atoms with van der Waals surface area (Å²) in [6, 6.07) is 1.59. The van der Waals surface area contributed by atoms with Crippen molar-refractivity contribution in [3.05, 3.63) is 22.7 Å². The van der Waals surface area contributed by atoms with Gasteiger partial charge < -0.3 is 28.6 Å². The Morgan fingerprint density at radius 2 is 2.27 bits per heavy atom. The van der Waals surface area contributed by atoms with E-state index in [1.165, 1.54) is 4.57 Å². The third-order valence-corrected chi connectivity index (χ3v) is 1.80. The smallest absolute Gasteiger partial charge is 0.349 e. The van der Waals surface area contributed by atoms with E-state index in [4.69, 9.17) is 10.8 Å². The van der Waals surface area contributed by atoms with E-state index in [9.17, 15) is 4.79 Å². The molecule has 0 atom stereocenters. The lowest BCUT2D eigenvalue weighted by molar-refractivity contribution is -0.656. The second-order valence-electron chi connectivity index (χ2n) is 2.92. The van der Waals surface area contributed by atoms with Crippen LogP contribution in [0, 0.1) is 0 Å². The van der Waals surface area contributed by atoms with Crippen molar-refractivity contribution in [2.45, 2.75) is 6.54 Å². The molecule has 0 bridgehead atoms. The highest BCUT2D eigenvalue weighted by atomic mass is 35.5. The van der Waals surface area contributed by atoms with Gasteiger partial charge in [-0.15, -0.1) is 0 Å². The van der Waals surface area contributed by atoms with E-state index in [2.05, 4.69) is 4.98 Å². The van der Waals surface area contributed by atoms with Gasteiger partial charge in [0.1, 0.15) is 5.82 Å².